The first-order valence-electron chi connectivity index (χ1n) is 6.17. The number of halogens is 2. The minimum absolute atomic E-state index is 0.287. The molecular formula is C14H11BrFN5. The molecule has 0 saturated heterocycles. The molecule has 0 amide bonds. The topological polar surface area (TPSA) is 69.6 Å². The van der Waals surface area contributed by atoms with Crippen molar-refractivity contribution in [3.8, 4) is 17.1 Å². The van der Waals surface area contributed by atoms with E-state index in [2.05, 4.69) is 31.5 Å². The zero-order valence-corrected chi connectivity index (χ0v) is 12.7. The fourth-order valence-electron chi connectivity index (χ4n) is 2.02. The van der Waals surface area contributed by atoms with Crippen molar-refractivity contribution in [3.05, 3.63) is 52.3 Å². The number of hydrogen-bond donors (Lipinski definition) is 1. The summed E-state index contributed by atoms with van der Waals surface area (Å²) in [4.78, 5) is 0. The van der Waals surface area contributed by atoms with Crippen molar-refractivity contribution in [2.45, 2.75) is 6.92 Å². The standard InChI is InChI=1S/C14H11BrFN5/c1-8-5-6-12(10(16)7-8)21-14(18-19-20-21)9-3-2-4-11(17)13(9)15/h2-7H,17H2,1H3. The SMILES string of the molecule is Cc1ccc(-n2nnnc2-c2cccc(N)c2Br)c(F)c1. The summed E-state index contributed by atoms with van der Waals surface area (Å²) in [5.41, 5.74) is 8.24. The lowest BCUT2D eigenvalue weighted by molar-refractivity contribution is 0.606. The van der Waals surface area contributed by atoms with Gasteiger partial charge in [0, 0.05) is 11.3 Å². The Morgan fingerprint density at radius 1 is 1.24 bits per heavy atom. The summed E-state index contributed by atoms with van der Waals surface area (Å²) < 4.78 is 16.2. The summed E-state index contributed by atoms with van der Waals surface area (Å²) in [7, 11) is 0. The van der Waals surface area contributed by atoms with Gasteiger partial charge >= 0.3 is 0 Å². The predicted molar refractivity (Wildman–Crippen MR) is 81.4 cm³/mol. The van der Waals surface area contributed by atoms with E-state index in [0.29, 0.717) is 21.5 Å². The Morgan fingerprint density at radius 2 is 2.05 bits per heavy atom. The van der Waals surface area contributed by atoms with E-state index in [1.165, 1.54) is 10.7 Å². The van der Waals surface area contributed by atoms with Gasteiger partial charge in [-0.15, -0.1) is 5.10 Å². The Bertz CT molecular complexity index is 815. The molecule has 0 radical (unpaired) electrons. The number of tetrazole rings is 1. The van der Waals surface area contributed by atoms with E-state index in [1.807, 2.05) is 13.0 Å². The van der Waals surface area contributed by atoms with E-state index in [0.717, 1.165) is 5.56 Å². The zero-order valence-electron chi connectivity index (χ0n) is 11.1. The largest absolute Gasteiger partial charge is 0.398 e. The maximum atomic E-state index is 14.1. The molecule has 0 spiro atoms. The van der Waals surface area contributed by atoms with Gasteiger partial charge in [0.05, 0.1) is 4.47 Å². The Balaban J connectivity index is 2.20. The van der Waals surface area contributed by atoms with Crippen LogP contribution in [-0.2, 0) is 0 Å². The van der Waals surface area contributed by atoms with Crippen LogP contribution in [0.2, 0.25) is 0 Å². The molecule has 3 aromatic rings. The molecule has 1 aromatic heterocycles. The quantitative estimate of drug-likeness (QED) is 0.723. The Hall–Kier alpha value is -2.28. The molecule has 0 bridgehead atoms. The molecule has 5 nitrogen and oxygen atoms in total. The van der Waals surface area contributed by atoms with Gasteiger partial charge in [-0.25, -0.2) is 4.39 Å². The normalized spacial score (nSPS) is 10.8. The maximum Gasteiger partial charge on any atom is 0.188 e. The molecule has 0 unspecified atom stereocenters. The molecule has 2 aromatic carbocycles. The average molecular weight is 348 g/mol. The molecule has 106 valence electrons. The second-order valence-corrected chi connectivity index (χ2v) is 5.37. The highest BCUT2D eigenvalue weighted by Crippen LogP contribution is 2.32. The van der Waals surface area contributed by atoms with Gasteiger partial charge in [0.15, 0.2) is 5.82 Å². The number of nitrogen functional groups attached to an aromatic ring is 1. The first kappa shape index (κ1) is 13.7. The van der Waals surface area contributed by atoms with Gasteiger partial charge in [0.1, 0.15) is 11.5 Å². The second-order valence-electron chi connectivity index (χ2n) is 4.58. The van der Waals surface area contributed by atoms with Crippen LogP contribution in [-0.4, -0.2) is 20.2 Å². The highest BCUT2D eigenvalue weighted by molar-refractivity contribution is 9.10. The average Bonchev–Trinajstić information content (AvgIpc) is 2.91. The highest BCUT2D eigenvalue weighted by Gasteiger charge is 2.17. The molecule has 0 saturated carbocycles. The van der Waals surface area contributed by atoms with Crippen LogP contribution in [0.3, 0.4) is 0 Å². The zero-order chi connectivity index (χ0) is 15.0. The molecule has 2 N–H and O–H groups in total. The van der Waals surface area contributed by atoms with Crippen LogP contribution < -0.4 is 5.73 Å². The van der Waals surface area contributed by atoms with Crippen molar-refractivity contribution >= 4 is 21.6 Å². The van der Waals surface area contributed by atoms with Crippen LogP contribution in [0.5, 0.6) is 0 Å². The van der Waals surface area contributed by atoms with E-state index >= 15 is 0 Å². The Labute approximate surface area is 128 Å². The smallest absolute Gasteiger partial charge is 0.188 e. The van der Waals surface area contributed by atoms with Gasteiger partial charge in [0.25, 0.3) is 0 Å². The summed E-state index contributed by atoms with van der Waals surface area (Å²) in [6.07, 6.45) is 0. The van der Waals surface area contributed by atoms with Gasteiger partial charge in [-0.05, 0) is 63.1 Å². The van der Waals surface area contributed by atoms with E-state index in [1.54, 1.807) is 24.3 Å². The van der Waals surface area contributed by atoms with Crippen LogP contribution in [0.15, 0.2) is 40.9 Å². The summed E-state index contributed by atoms with van der Waals surface area (Å²) in [5.74, 6) is 0.0282. The second kappa shape index (κ2) is 5.25. The molecule has 3 rings (SSSR count). The Morgan fingerprint density at radius 3 is 2.81 bits per heavy atom. The van der Waals surface area contributed by atoms with E-state index < -0.39 is 0 Å². The fraction of sp³-hybridized carbons (Fsp3) is 0.0714. The van der Waals surface area contributed by atoms with Crippen LogP contribution in [0, 0.1) is 12.7 Å². The third kappa shape index (κ3) is 2.40. The van der Waals surface area contributed by atoms with Crippen molar-refractivity contribution in [1.29, 1.82) is 0 Å². The lowest BCUT2D eigenvalue weighted by Gasteiger charge is -2.09. The monoisotopic (exact) mass is 347 g/mol. The number of rotatable bonds is 2. The number of nitrogens with zero attached hydrogens (tertiary/aromatic N) is 4. The van der Waals surface area contributed by atoms with E-state index in [4.69, 9.17) is 5.73 Å². The van der Waals surface area contributed by atoms with Gasteiger partial charge in [0.2, 0.25) is 0 Å². The maximum absolute atomic E-state index is 14.1. The first-order valence-corrected chi connectivity index (χ1v) is 6.96. The van der Waals surface area contributed by atoms with Gasteiger partial charge < -0.3 is 5.73 Å². The summed E-state index contributed by atoms with van der Waals surface area (Å²) in [5, 5.41) is 11.5. The van der Waals surface area contributed by atoms with Crippen LogP contribution in [0.4, 0.5) is 10.1 Å². The number of anilines is 1. The number of aryl methyl sites for hydroxylation is 1. The third-order valence-electron chi connectivity index (χ3n) is 3.07. The first-order chi connectivity index (χ1) is 10.1. The van der Waals surface area contributed by atoms with Crippen LogP contribution in [0.1, 0.15) is 5.56 Å². The summed E-state index contributed by atoms with van der Waals surface area (Å²) >= 11 is 3.41. The molecule has 21 heavy (non-hydrogen) atoms. The molecular weight excluding hydrogens is 337 g/mol. The van der Waals surface area contributed by atoms with Crippen LogP contribution in [0.25, 0.3) is 17.1 Å². The van der Waals surface area contributed by atoms with Crippen molar-refractivity contribution in [3.63, 3.8) is 0 Å². The molecule has 1 heterocycles. The van der Waals surface area contributed by atoms with Crippen molar-refractivity contribution in [2.75, 3.05) is 5.73 Å². The minimum Gasteiger partial charge on any atom is -0.398 e. The molecule has 0 aliphatic carbocycles. The number of nitrogens with two attached hydrogens (primary N) is 1. The summed E-state index contributed by atoms with van der Waals surface area (Å²) in [6.45, 7) is 1.82. The Kier molecular flexibility index (Phi) is 3.42. The molecule has 0 atom stereocenters. The number of aromatic nitrogens is 4. The molecule has 0 aliphatic rings. The van der Waals surface area contributed by atoms with E-state index in [-0.39, 0.29) is 11.5 Å². The highest BCUT2D eigenvalue weighted by atomic mass is 79.9. The fourth-order valence-corrected chi connectivity index (χ4v) is 2.47. The van der Waals surface area contributed by atoms with Crippen molar-refractivity contribution in [1.82, 2.24) is 20.2 Å². The lowest BCUT2D eigenvalue weighted by Crippen LogP contribution is -2.03. The van der Waals surface area contributed by atoms with Gasteiger partial charge in [-0.2, -0.15) is 4.68 Å². The van der Waals surface area contributed by atoms with Gasteiger partial charge in [-0.1, -0.05) is 12.1 Å². The number of benzene rings is 2. The predicted octanol–water partition coefficient (Wildman–Crippen LogP) is 3.12. The third-order valence-corrected chi connectivity index (χ3v) is 3.96. The number of hydrogen-bond acceptors (Lipinski definition) is 4. The van der Waals surface area contributed by atoms with E-state index in [9.17, 15) is 4.39 Å². The summed E-state index contributed by atoms with van der Waals surface area (Å²) in [6, 6.07) is 10.3. The molecule has 0 fully saturated rings. The minimum atomic E-state index is -0.386. The van der Waals surface area contributed by atoms with Crippen molar-refractivity contribution < 1.29 is 4.39 Å². The molecule has 7 heteroatoms. The molecule has 0 aliphatic heterocycles. The van der Waals surface area contributed by atoms with Crippen LogP contribution >= 0.6 is 15.9 Å². The lowest BCUT2D eigenvalue weighted by atomic mass is 10.1. The van der Waals surface area contributed by atoms with Gasteiger partial charge in [-0.3, -0.25) is 0 Å². The van der Waals surface area contributed by atoms with Crippen molar-refractivity contribution in [2.24, 2.45) is 0 Å².